The summed E-state index contributed by atoms with van der Waals surface area (Å²) in [5.41, 5.74) is -1.26. The molecule has 1 rings (SSSR count). The number of rotatable bonds is 5. The lowest BCUT2D eigenvalue weighted by molar-refractivity contribution is -0.141. The van der Waals surface area contributed by atoms with Crippen molar-refractivity contribution in [2.45, 2.75) is 44.7 Å². The molecule has 1 fully saturated rings. The van der Waals surface area contributed by atoms with Gasteiger partial charge in [0.2, 0.25) is 15.9 Å². The van der Waals surface area contributed by atoms with Gasteiger partial charge in [-0.3, -0.25) is 9.59 Å². The first kappa shape index (κ1) is 15.9. The van der Waals surface area contributed by atoms with Gasteiger partial charge in [0.1, 0.15) is 5.54 Å². The number of hydrogen-bond donors (Lipinski definition) is 3. The summed E-state index contributed by atoms with van der Waals surface area (Å²) < 4.78 is 24.6. The molecule has 3 N–H and O–H groups in total. The molecule has 8 heteroatoms. The third-order valence-corrected chi connectivity index (χ3v) is 4.01. The topological polar surface area (TPSA) is 113 Å². The van der Waals surface area contributed by atoms with E-state index in [0.717, 1.165) is 6.26 Å². The van der Waals surface area contributed by atoms with Crippen LogP contribution in [0.15, 0.2) is 0 Å². The normalized spacial score (nSPS) is 24.2. The highest BCUT2D eigenvalue weighted by atomic mass is 32.2. The summed E-state index contributed by atoms with van der Waals surface area (Å²) in [6.07, 6.45) is 2.49. The SMILES string of the molecule is CC(C)(NS(C)(=O)=O)C(=O)N[C@H]1CC[C@@H](C(=O)O)C1. The predicted octanol–water partition coefficient (Wildman–Crippen LogP) is -0.316. The first-order valence-corrected chi connectivity index (χ1v) is 7.93. The molecule has 7 nitrogen and oxygen atoms in total. The van der Waals surface area contributed by atoms with Gasteiger partial charge in [0.25, 0.3) is 0 Å². The minimum absolute atomic E-state index is 0.214. The van der Waals surface area contributed by atoms with Gasteiger partial charge < -0.3 is 10.4 Å². The Kier molecular flexibility index (Phi) is 4.57. The molecule has 0 spiro atoms. The minimum Gasteiger partial charge on any atom is -0.481 e. The number of hydrogen-bond acceptors (Lipinski definition) is 4. The van der Waals surface area contributed by atoms with Crippen LogP contribution in [0.25, 0.3) is 0 Å². The Morgan fingerprint density at radius 1 is 1.26 bits per heavy atom. The van der Waals surface area contributed by atoms with Crippen LogP contribution in [0.2, 0.25) is 0 Å². The fraction of sp³-hybridized carbons (Fsp3) is 0.818. The number of amides is 1. The third-order valence-electron chi connectivity index (χ3n) is 3.13. The number of carboxylic acid groups (broad SMARTS) is 1. The van der Waals surface area contributed by atoms with Gasteiger partial charge in [-0.05, 0) is 33.1 Å². The van der Waals surface area contributed by atoms with Crippen molar-refractivity contribution in [1.29, 1.82) is 0 Å². The molecular weight excluding hydrogens is 272 g/mol. The van der Waals surface area contributed by atoms with Crippen LogP contribution in [-0.4, -0.2) is 43.2 Å². The summed E-state index contributed by atoms with van der Waals surface area (Å²) in [4.78, 5) is 22.8. The lowest BCUT2D eigenvalue weighted by Crippen LogP contribution is -2.56. The first-order valence-electron chi connectivity index (χ1n) is 6.04. The Morgan fingerprint density at radius 2 is 1.84 bits per heavy atom. The number of aliphatic carboxylic acids is 1. The number of carboxylic acids is 1. The maximum Gasteiger partial charge on any atom is 0.306 e. The lowest BCUT2D eigenvalue weighted by atomic mass is 10.0. The van der Waals surface area contributed by atoms with Gasteiger partial charge in [0.05, 0.1) is 12.2 Å². The van der Waals surface area contributed by atoms with Crippen molar-refractivity contribution in [3.05, 3.63) is 0 Å². The van der Waals surface area contributed by atoms with E-state index < -0.39 is 33.4 Å². The zero-order valence-electron chi connectivity index (χ0n) is 11.3. The van der Waals surface area contributed by atoms with Gasteiger partial charge in [-0.1, -0.05) is 0 Å². The van der Waals surface area contributed by atoms with Crippen LogP contribution in [0, 0.1) is 5.92 Å². The molecule has 110 valence electrons. The van der Waals surface area contributed by atoms with Crippen molar-refractivity contribution in [3.8, 4) is 0 Å². The first-order chi connectivity index (χ1) is 8.51. The molecule has 0 aromatic heterocycles. The van der Waals surface area contributed by atoms with Crippen LogP contribution in [0.5, 0.6) is 0 Å². The Bertz CT molecular complexity index is 471. The second kappa shape index (κ2) is 5.46. The van der Waals surface area contributed by atoms with Crippen molar-refractivity contribution in [3.63, 3.8) is 0 Å². The number of carbonyl (C=O) groups excluding carboxylic acids is 1. The largest absolute Gasteiger partial charge is 0.481 e. The van der Waals surface area contributed by atoms with E-state index in [1.54, 1.807) is 0 Å². The Hall–Kier alpha value is -1.15. The average Bonchev–Trinajstić information content (AvgIpc) is 2.62. The molecule has 1 amide bonds. The van der Waals surface area contributed by atoms with E-state index in [1.807, 2.05) is 0 Å². The predicted molar refractivity (Wildman–Crippen MR) is 69.0 cm³/mol. The second-order valence-electron chi connectivity index (χ2n) is 5.52. The van der Waals surface area contributed by atoms with Gasteiger partial charge in [0, 0.05) is 6.04 Å². The van der Waals surface area contributed by atoms with Crippen LogP contribution in [0.3, 0.4) is 0 Å². The molecular formula is C11H20N2O5S. The summed E-state index contributed by atoms with van der Waals surface area (Å²) >= 11 is 0. The Morgan fingerprint density at radius 3 is 2.26 bits per heavy atom. The van der Waals surface area contributed by atoms with Gasteiger partial charge in [-0.25, -0.2) is 13.1 Å². The quantitative estimate of drug-likeness (QED) is 0.643. The van der Waals surface area contributed by atoms with Crippen LogP contribution in [-0.2, 0) is 19.6 Å². The molecule has 19 heavy (non-hydrogen) atoms. The highest BCUT2D eigenvalue weighted by molar-refractivity contribution is 7.88. The molecule has 2 atom stereocenters. The van der Waals surface area contributed by atoms with Crippen LogP contribution < -0.4 is 10.0 Å². The van der Waals surface area contributed by atoms with Gasteiger partial charge in [-0.15, -0.1) is 0 Å². The van der Waals surface area contributed by atoms with E-state index in [1.165, 1.54) is 13.8 Å². The molecule has 0 aromatic carbocycles. The van der Waals surface area contributed by atoms with E-state index in [9.17, 15) is 18.0 Å². The number of carbonyl (C=O) groups is 2. The number of sulfonamides is 1. The number of nitrogens with one attached hydrogen (secondary N) is 2. The standard InChI is InChI=1S/C11H20N2O5S/c1-11(2,13-19(3,17)18)10(16)12-8-5-4-7(6-8)9(14)15/h7-8,13H,4-6H2,1-3H3,(H,12,16)(H,14,15)/t7-,8+/m1/s1. The monoisotopic (exact) mass is 292 g/mol. The summed E-state index contributed by atoms with van der Waals surface area (Å²) in [6.45, 7) is 2.93. The van der Waals surface area contributed by atoms with Gasteiger partial charge in [-0.2, -0.15) is 0 Å². The molecule has 0 bridgehead atoms. The summed E-state index contributed by atoms with van der Waals surface area (Å²) in [7, 11) is -3.49. The second-order valence-corrected chi connectivity index (χ2v) is 7.27. The molecule has 0 saturated heterocycles. The highest BCUT2D eigenvalue weighted by Gasteiger charge is 2.35. The zero-order valence-corrected chi connectivity index (χ0v) is 12.1. The Balaban J connectivity index is 2.58. The van der Waals surface area contributed by atoms with Crippen molar-refractivity contribution >= 4 is 21.9 Å². The van der Waals surface area contributed by atoms with E-state index in [0.29, 0.717) is 19.3 Å². The molecule has 0 unspecified atom stereocenters. The summed E-state index contributed by atoms with van der Waals surface area (Å²) in [5, 5.41) is 11.6. The average molecular weight is 292 g/mol. The van der Waals surface area contributed by atoms with E-state index in [-0.39, 0.29) is 6.04 Å². The van der Waals surface area contributed by atoms with Crippen LogP contribution in [0.1, 0.15) is 33.1 Å². The van der Waals surface area contributed by atoms with Gasteiger partial charge in [0.15, 0.2) is 0 Å². The fourth-order valence-corrected chi connectivity index (χ4v) is 3.23. The lowest BCUT2D eigenvalue weighted by Gasteiger charge is -2.26. The molecule has 0 heterocycles. The molecule has 1 saturated carbocycles. The fourth-order valence-electron chi connectivity index (χ4n) is 2.21. The van der Waals surface area contributed by atoms with Gasteiger partial charge >= 0.3 is 5.97 Å². The minimum atomic E-state index is -3.49. The molecule has 1 aliphatic carbocycles. The molecule has 0 aromatic rings. The van der Waals surface area contributed by atoms with Crippen molar-refractivity contribution in [1.82, 2.24) is 10.0 Å². The van der Waals surface area contributed by atoms with E-state index in [2.05, 4.69) is 10.0 Å². The summed E-state index contributed by atoms with van der Waals surface area (Å²) in [5.74, 6) is -1.74. The molecule has 0 radical (unpaired) electrons. The highest BCUT2D eigenvalue weighted by Crippen LogP contribution is 2.26. The smallest absolute Gasteiger partial charge is 0.306 e. The van der Waals surface area contributed by atoms with Crippen molar-refractivity contribution in [2.24, 2.45) is 5.92 Å². The zero-order chi connectivity index (χ0) is 14.8. The van der Waals surface area contributed by atoms with Crippen LogP contribution in [0.4, 0.5) is 0 Å². The Labute approximate surface area is 112 Å². The van der Waals surface area contributed by atoms with Crippen molar-refractivity contribution in [2.75, 3.05) is 6.26 Å². The van der Waals surface area contributed by atoms with Crippen molar-refractivity contribution < 1.29 is 23.1 Å². The van der Waals surface area contributed by atoms with Crippen LogP contribution >= 0.6 is 0 Å². The molecule has 1 aliphatic rings. The maximum absolute atomic E-state index is 12.0. The van der Waals surface area contributed by atoms with E-state index in [4.69, 9.17) is 5.11 Å². The third kappa shape index (κ3) is 4.79. The summed E-state index contributed by atoms with van der Waals surface area (Å²) in [6, 6.07) is -0.214. The van der Waals surface area contributed by atoms with E-state index >= 15 is 0 Å². The maximum atomic E-state index is 12.0. The molecule has 0 aliphatic heterocycles.